The van der Waals surface area contributed by atoms with Gasteiger partial charge in [-0.05, 0) is 68.0 Å². The zero-order valence-corrected chi connectivity index (χ0v) is 17.7. The second-order valence-corrected chi connectivity index (χ2v) is 7.21. The van der Waals surface area contributed by atoms with E-state index in [9.17, 15) is 4.79 Å². The van der Waals surface area contributed by atoms with E-state index in [0.29, 0.717) is 12.3 Å². The predicted molar refractivity (Wildman–Crippen MR) is 115 cm³/mol. The van der Waals surface area contributed by atoms with Crippen LogP contribution in [0.1, 0.15) is 65.4 Å². The van der Waals surface area contributed by atoms with E-state index in [4.69, 9.17) is 9.47 Å². The highest BCUT2D eigenvalue weighted by Crippen LogP contribution is 2.29. The number of hydrogen-bond donors (Lipinski definition) is 1. The van der Waals surface area contributed by atoms with Gasteiger partial charge in [0, 0.05) is 5.69 Å². The van der Waals surface area contributed by atoms with Crippen molar-refractivity contribution in [3.63, 3.8) is 0 Å². The summed E-state index contributed by atoms with van der Waals surface area (Å²) in [6, 6.07) is 15.4. The minimum absolute atomic E-state index is 0.142. The Morgan fingerprint density at radius 2 is 1.57 bits per heavy atom. The first-order valence-corrected chi connectivity index (χ1v) is 10.3. The number of rotatable bonds is 10. The van der Waals surface area contributed by atoms with Crippen molar-refractivity contribution >= 4 is 11.6 Å². The summed E-state index contributed by atoms with van der Waals surface area (Å²) in [5, 5.41) is 2.95. The molecule has 3 atom stereocenters. The van der Waals surface area contributed by atoms with Crippen molar-refractivity contribution in [2.24, 2.45) is 0 Å². The van der Waals surface area contributed by atoms with Crippen LogP contribution < -0.4 is 14.8 Å². The van der Waals surface area contributed by atoms with Crippen molar-refractivity contribution in [1.82, 2.24) is 0 Å². The van der Waals surface area contributed by atoms with Crippen LogP contribution in [0.25, 0.3) is 0 Å². The molecule has 1 N–H and O–H groups in total. The normalized spacial score (nSPS) is 14.0. The Morgan fingerprint density at radius 3 is 2.18 bits per heavy atom. The van der Waals surface area contributed by atoms with Crippen molar-refractivity contribution in [1.29, 1.82) is 0 Å². The highest BCUT2D eigenvalue weighted by Gasteiger charge is 2.21. The average molecular weight is 384 g/mol. The molecule has 4 nitrogen and oxygen atoms in total. The number of ether oxygens (including phenoxy) is 2. The van der Waals surface area contributed by atoms with Gasteiger partial charge in [-0.25, -0.2) is 0 Å². The lowest BCUT2D eigenvalue weighted by Gasteiger charge is -2.21. The molecule has 0 fully saturated rings. The monoisotopic (exact) mass is 383 g/mol. The summed E-state index contributed by atoms with van der Waals surface area (Å²) >= 11 is 0. The SMILES string of the molecule is CCC(C)Oc1ccc(NC(=O)C(CC)Oc2ccccc2C(C)CC)cc1. The van der Waals surface area contributed by atoms with Crippen LogP contribution in [-0.2, 0) is 4.79 Å². The number of carbonyl (C=O) groups excluding carboxylic acids is 1. The van der Waals surface area contributed by atoms with Gasteiger partial charge in [0.05, 0.1) is 6.10 Å². The molecule has 0 aliphatic rings. The van der Waals surface area contributed by atoms with Gasteiger partial charge >= 0.3 is 0 Å². The lowest BCUT2D eigenvalue weighted by molar-refractivity contribution is -0.122. The van der Waals surface area contributed by atoms with Gasteiger partial charge in [-0.3, -0.25) is 4.79 Å². The minimum atomic E-state index is -0.541. The number of amides is 1. The highest BCUT2D eigenvalue weighted by atomic mass is 16.5. The molecule has 0 aromatic heterocycles. The molecule has 0 bridgehead atoms. The van der Waals surface area contributed by atoms with Crippen molar-refractivity contribution in [3.05, 3.63) is 54.1 Å². The molecular formula is C24H33NO3. The molecule has 2 aromatic rings. The van der Waals surface area contributed by atoms with E-state index in [1.54, 1.807) is 0 Å². The smallest absolute Gasteiger partial charge is 0.265 e. The van der Waals surface area contributed by atoms with Crippen molar-refractivity contribution in [2.75, 3.05) is 5.32 Å². The number of para-hydroxylation sites is 1. The number of nitrogens with one attached hydrogen (secondary N) is 1. The maximum Gasteiger partial charge on any atom is 0.265 e. The lowest BCUT2D eigenvalue weighted by atomic mass is 9.98. The van der Waals surface area contributed by atoms with E-state index in [2.05, 4.69) is 32.2 Å². The van der Waals surface area contributed by atoms with Crippen LogP contribution in [0.4, 0.5) is 5.69 Å². The van der Waals surface area contributed by atoms with E-state index < -0.39 is 6.10 Å². The number of carbonyl (C=O) groups is 1. The third-order valence-electron chi connectivity index (χ3n) is 5.03. The lowest BCUT2D eigenvalue weighted by Crippen LogP contribution is -2.32. The zero-order valence-electron chi connectivity index (χ0n) is 17.7. The quantitative estimate of drug-likeness (QED) is 0.533. The van der Waals surface area contributed by atoms with Crippen molar-refractivity contribution < 1.29 is 14.3 Å². The molecule has 152 valence electrons. The average Bonchev–Trinajstić information content (AvgIpc) is 2.72. The Bertz CT molecular complexity index is 742. The molecular weight excluding hydrogens is 350 g/mol. The van der Waals surface area contributed by atoms with E-state index in [1.165, 1.54) is 0 Å². The molecule has 0 spiro atoms. The molecule has 0 radical (unpaired) electrons. The molecule has 4 heteroatoms. The first kappa shape index (κ1) is 21.8. The van der Waals surface area contributed by atoms with E-state index in [-0.39, 0.29) is 12.0 Å². The summed E-state index contributed by atoms with van der Waals surface area (Å²) in [6.45, 7) is 10.4. The number of benzene rings is 2. The Labute approximate surface area is 169 Å². The van der Waals surface area contributed by atoms with Gasteiger partial charge in [0.25, 0.3) is 5.91 Å². The van der Waals surface area contributed by atoms with Gasteiger partial charge in [0.2, 0.25) is 0 Å². The molecule has 0 aliphatic heterocycles. The van der Waals surface area contributed by atoms with Crippen LogP contribution in [0.3, 0.4) is 0 Å². The first-order valence-electron chi connectivity index (χ1n) is 10.3. The summed E-state index contributed by atoms with van der Waals surface area (Å²) < 4.78 is 11.9. The van der Waals surface area contributed by atoms with Gasteiger partial charge in [0.15, 0.2) is 6.10 Å². The fraction of sp³-hybridized carbons (Fsp3) is 0.458. The second kappa shape index (κ2) is 10.7. The summed E-state index contributed by atoms with van der Waals surface area (Å²) in [4.78, 5) is 12.7. The molecule has 28 heavy (non-hydrogen) atoms. The number of hydrogen-bond acceptors (Lipinski definition) is 3. The summed E-state index contributed by atoms with van der Waals surface area (Å²) in [7, 11) is 0. The van der Waals surface area contributed by atoms with Crippen LogP contribution >= 0.6 is 0 Å². The second-order valence-electron chi connectivity index (χ2n) is 7.21. The van der Waals surface area contributed by atoms with Crippen LogP contribution in [0, 0.1) is 0 Å². The zero-order chi connectivity index (χ0) is 20.5. The maximum absolute atomic E-state index is 12.7. The molecule has 3 unspecified atom stereocenters. The summed E-state index contributed by atoms with van der Waals surface area (Å²) in [5.41, 5.74) is 1.88. The molecule has 0 saturated heterocycles. The van der Waals surface area contributed by atoms with E-state index in [1.807, 2.05) is 56.3 Å². The molecule has 0 saturated carbocycles. The fourth-order valence-electron chi connectivity index (χ4n) is 2.85. The fourth-order valence-corrected chi connectivity index (χ4v) is 2.85. The maximum atomic E-state index is 12.7. The standard InChI is InChI=1S/C24H33NO3/c1-6-17(4)21-11-9-10-12-23(21)28-22(8-3)24(26)25-19-13-15-20(16-14-19)27-18(5)7-2/h9-18,22H,6-8H2,1-5H3,(H,25,26). The van der Waals surface area contributed by atoms with E-state index in [0.717, 1.165) is 35.6 Å². The largest absolute Gasteiger partial charge is 0.491 e. The molecule has 2 aromatic carbocycles. The van der Waals surface area contributed by atoms with Crippen molar-refractivity contribution in [3.8, 4) is 11.5 Å². The van der Waals surface area contributed by atoms with Gasteiger partial charge in [-0.1, -0.05) is 45.9 Å². The predicted octanol–water partition coefficient (Wildman–Crippen LogP) is 6.17. The van der Waals surface area contributed by atoms with Gasteiger partial charge < -0.3 is 14.8 Å². The van der Waals surface area contributed by atoms with Crippen LogP contribution in [0.15, 0.2) is 48.5 Å². The Morgan fingerprint density at radius 1 is 0.893 bits per heavy atom. The highest BCUT2D eigenvalue weighted by molar-refractivity contribution is 5.94. The first-order chi connectivity index (χ1) is 13.5. The van der Waals surface area contributed by atoms with Gasteiger partial charge in [-0.15, -0.1) is 0 Å². The minimum Gasteiger partial charge on any atom is -0.491 e. The third kappa shape index (κ3) is 6.01. The molecule has 1 amide bonds. The Balaban J connectivity index is 2.04. The molecule has 0 aliphatic carbocycles. The Kier molecular flexibility index (Phi) is 8.37. The van der Waals surface area contributed by atoms with E-state index >= 15 is 0 Å². The Hall–Kier alpha value is -2.49. The van der Waals surface area contributed by atoms with Gasteiger partial charge in [-0.2, -0.15) is 0 Å². The van der Waals surface area contributed by atoms with Gasteiger partial charge in [0.1, 0.15) is 11.5 Å². The topological polar surface area (TPSA) is 47.6 Å². The number of anilines is 1. The molecule has 0 heterocycles. The van der Waals surface area contributed by atoms with Crippen LogP contribution in [0.2, 0.25) is 0 Å². The molecule has 2 rings (SSSR count). The van der Waals surface area contributed by atoms with Crippen LogP contribution in [0.5, 0.6) is 11.5 Å². The summed E-state index contributed by atoms with van der Waals surface area (Å²) in [6.07, 6.45) is 2.20. The third-order valence-corrected chi connectivity index (χ3v) is 5.03. The summed E-state index contributed by atoms with van der Waals surface area (Å²) in [5.74, 6) is 1.83. The van der Waals surface area contributed by atoms with Crippen LogP contribution in [-0.4, -0.2) is 18.1 Å². The van der Waals surface area contributed by atoms with Crippen molar-refractivity contribution in [2.45, 2.75) is 72.0 Å².